The molecule has 0 N–H and O–H groups in total. The Labute approximate surface area is 127 Å². The lowest BCUT2D eigenvalue weighted by atomic mass is 10.0. The number of carbonyl (C=O) groups is 1. The van der Waals surface area contributed by atoms with E-state index in [0.717, 1.165) is 19.2 Å². The summed E-state index contributed by atoms with van der Waals surface area (Å²) in [6.07, 6.45) is -4.60. The Bertz CT molecular complexity index is 667. The van der Waals surface area contributed by atoms with E-state index in [4.69, 9.17) is 4.74 Å². The monoisotopic (exact) mass is 358 g/mol. The van der Waals surface area contributed by atoms with E-state index in [-0.39, 0.29) is 15.8 Å². The molecule has 0 saturated carbocycles. The van der Waals surface area contributed by atoms with E-state index in [2.05, 4.69) is 15.9 Å². The van der Waals surface area contributed by atoms with E-state index in [0.29, 0.717) is 5.56 Å². The Hall–Kier alpha value is -1.82. The predicted molar refractivity (Wildman–Crippen MR) is 75.6 cm³/mol. The maximum atomic E-state index is 13.0. The molecule has 0 atom stereocenters. The molecule has 0 aliphatic rings. The number of alkyl halides is 3. The van der Waals surface area contributed by atoms with Gasteiger partial charge in [-0.25, -0.2) is 0 Å². The van der Waals surface area contributed by atoms with E-state index in [1.807, 2.05) is 0 Å². The van der Waals surface area contributed by atoms with Gasteiger partial charge >= 0.3 is 6.18 Å². The number of ketones is 1. The molecular weight excluding hydrogens is 349 g/mol. The lowest BCUT2D eigenvalue weighted by molar-refractivity contribution is -0.138. The Balaban J connectivity index is 2.57. The third-order valence-electron chi connectivity index (χ3n) is 2.88. The van der Waals surface area contributed by atoms with E-state index in [1.165, 1.54) is 0 Å². The van der Waals surface area contributed by atoms with Crippen molar-refractivity contribution in [1.82, 2.24) is 0 Å². The number of rotatable bonds is 3. The summed E-state index contributed by atoms with van der Waals surface area (Å²) < 4.78 is 44.0. The van der Waals surface area contributed by atoms with Crippen molar-refractivity contribution in [2.24, 2.45) is 0 Å². The molecule has 0 amide bonds. The summed E-state index contributed by atoms with van der Waals surface area (Å²) in [5, 5.41) is 0. The van der Waals surface area contributed by atoms with Gasteiger partial charge in [0.25, 0.3) is 0 Å². The van der Waals surface area contributed by atoms with Crippen molar-refractivity contribution in [3.05, 3.63) is 63.6 Å². The maximum Gasteiger partial charge on any atom is 0.419 e. The summed E-state index contributed by atoms with van der Waals surface area (Å²) >= 11 is 3.12. The zero-order valence-electron chi connectivity index (χ0n) is 10.9. The van der Waals surface area contributed by atoms with Gasteiger partial charge in [-0.1, -0.05) is 30.3 Å². The molecular formula is C15H10BrF3O2. The first-order chi connectivity index (χ1) is 9.84. The second kappa shape index (κ2) is 5.89. The SMILES string of the molecule is COc1cc(Br)c(C(=O)c2ccccc2)cc1C(F)(F)F. The van der Waals surface area contributed by atoms with Crippen LogP contribution in [0.3, 0.4) is 0 Å². The van der Waals surface area contributed by atoms with Crippen LogP contribution in [0.15, 0.2) is 46.9 Å². The van der Waals surface area contributed by atoms with Crippen LogP contribution in [0.2, 0.25) is 0 Å². The van der Waals surface area contributed by atoms with Gasteiger partial charge in [0, 0.05) is 15.6 Å². The van der Waals surface area contributed by atoms with Crippen molar-refractivity contribution in [1.29, 1.82) is 0 Å². The number of hydrogen-bond acceptors (Lipinski definition) is 2. The zero-order chi connectivity index (χ0) is 15.6. The van der Waals surface area contributed by atoms with Crippen molar-refractivity contribution >= 4 is 21.7 Å². The van der Waals surface area contributed by atoms with Gasteiger partial charge in [-0.2, -0.15) is 13.2 Å². The van der Waals surface area contributed by atoms with Crippen molar-refractivity contribution in [3.8, 4) is 5.75 Å². The molecule has 2 aromatic carbocycles. The summed E-state index contributed by atoms with van der Waals surface area (Å²) in [4.78, 5) is 12.3. The standard InChI is InChI=1S/C15H10BrF3O2/c1-21-13-8-12(16)10(7-11(13)15(17,18)19)14(20)9-5-3-2-4-6-9/h2-8H,1H3. The molecule has 0 bridgehead atoms. The molecule has 0 unspecified atom stereocenters. The van der Waals surface area contributed by atoms with Gasteiger partial charge in [-0.05, 0) is 28.1 Å². The van der Waals surface area contributed by atoms with Gasteiger partial charge in [0.2, 0.25) is 0 Å². The van der Waals surface area contributed by atoms with Crippen LogP contribution in [0.1, 0.15) is 21.5 Å². The van der Waals surface area contributed by atoms with E-state index < -0.39 is 17.5 Å². The highest BCUT2D eigenvalue weighted by atomic mass is 79.9. The average Bonchev–Trinajstić information content (AvgIpc) is 2.45. The average molecular weight is 359 g/mol. The van der Waals surface area contributed by atoms with Crippen LogP contribution < -0.4 is 4.74 Å². The van der Waals surface area contributed by atoms with Crippen LogP contribution >= 0.6 is 15.9 Å². The van der Waals surface area contributed by atoms with Crippen LogP contribution in [-0.4, -0.2) is 12.9 Å². The summed E-state index contributed by atoms with van der Waals surface area (Å²) in [5.41, 5.74) is -0.724. The van der Waals surface area contributed by atoms with Gasteiger partial charge in [0.1, 0.15) is 5.75 Å². The molecule has 6 heteroatoms. The lowest BCUT2D eigenvalue weighted by Gasteiger charge is -2.14. The zero-order valence-corrected chi connectivity index (χ0v) is 12.5. The molecule has 110 valence electrons. The largest absolute Gasteiger partial charge is 0.496 e. The molecule has 0 fully saturated rings. The highest BCUT2D eigenvalue weighted by Crippen LogP contribution is 2.39. The molecule has 0 aliphatic carbocycles. The first-order valence-electron chi connectivity index (χ1n) is 5.89. The van der Waals surface area contributed by atoms with Crippen LogP contribution in [0.25, 0.3) is 0 Å². The van der Waals surface area contributed by atoms with Crippen LogP contribution in [0.5, 0.6) is 5.75 Å². The molecule has 0 heterocycles. The smallest absolute Gasteiger partial charge is 0.419 e. The van der Waals surface area contributed by atoms with Gasteiger partial charge in [-0.3, -0.25) is 4.79 Å². The summed E-state index contributed by atoms with van der Waals surface area (Å²) in [7, 11) is 1.15. The summed E-state index contributed by atoms with van der Waals surface area (Å²) in [6.45, 7) is 0. The molecule has 0 aliphatic heterocycles. The first kappa shape index (κ1) is 15.6. The number of ether oxygens (including phenoxy) is 1. The van der Waals surface area contributed by atoms with Crippen LogP contribution in [0.4, 0.5) is 13.2 Å². The number of carbonyl (C=O) groups excluding carboxylic acids is 1. The highest BCUT2D eigenvalue weighted by Gasteiger charge is 2.35. The normalized spacial score (nSPS) is 11.3. The van der Waals surface area contributed by atoms with Crippen molar-refractivity contribution in [3.63, 3.8) is 0 Å². The summed E-state index contributed by atoms with van der Waals surface area (Å²) in [6, 6.07) is 10.1. The minimum absolute atomic E-state index is 0.0608. The Morgan fingerprint density at radius 1 is 1.14 bits per heavy atom. The minimum atomic E-state index is -4.60. The van der Waals surface area contributed by atoms with Gasteiger partial charge < -0.3 is 4.74 Å². The molecule has 2 aromatic rings. The fourth-order valence-corrected chi connectivity index (χ4v) is 2.37. The Morgan fingerprint density at radius 2 is 1.76 bits per heavy atom. The number of halogens is 4. The fourth-order valence-electron chi connectivity index (χ4n) is 1.86. The van der Waals surface area contributed by atoms with Crippen molar-refractivity contribution in [2.45, 2.75) is 6.18 Å². The number of benzene rings is 2. The maximum absolute atomic E-state index is 13.0. The Kier molecular flexibility index (Phi) is 4.37. The number of hydrogen-bond donors (Lipinski definition) is 0. The van der Waals surface area contributed by atoms with Gasteiger partial charge in [0.15, 0.2) is 5.78 Å². The van der Waals surface area contributed by atoms with Gasteiger partial charge in [-0.15, -0.1) is 0 Å². The second-order valence-electron chi connectivity index (χ2n) is 4.23. The molecule has 21 heavy (non-hydrogen) atoms. The fraction of sp³-hybridized carbons (Fsp3) is 0.133. The molecule has 0 aromatic heterocycles. The third kappa shape index (κ3) is 3.26. The molecule has 0 spiro atoms. The summed E-state index contributed by atoms with van der Waals surface area (Å²) in [5.74, 6) is -0.824. The quantitative estimate of drug-likeness (QED) is 0.743. The predicted octanol–water partition coefficient (Wildman–Crippen LogP) is 4.71. The minimum Gasteiger partial charge on any atom is -0.496 e. The third-order valence-corrected chi connectivity index (χ3v) is 3.53. The van der Waals surface area contributed by atoms with E-state index in [1.54, 1.807) is 30.3 Å². The second-order valence-corrected chi connectivity index (χ2v) is 5.08. The molecule has 2 rings (SSSR count). The van der Waals surface area contributed by atoms with Crippen molar-refractivity contribution in [2.75, 3.05) is 7.11 Å². The highest BCUT2D eigenvalue weighted by molar-refractivity contribution is 9.10. The van der Waals surface area contributed by atoms with Gasteiger partial charge in [0.05, 0.1) is 12.7 Å². The molecule has 2 nitrogen and oxygen atoms in total. The first-order valence-corrected chi connectivity index (χ1v) is 6.68. The van der Waals surface area contributed by atoms with E-state index in [9.17, 15) is 18.0 Å². The van der Waals surface area contributed by atoms with Crippen molar-refractivity contribution < 1.29 is 22.7 Å². The van der Waals surface area contributed by atoms with Crippen LogP contribution in [-0.2, 0) is 6.18 Å². The molecule has 0 radical (unpaired) electrons. The van der Waals surface area contributed by atoms with E-state index >= 15 is 0 Å². The molecule has 0 saturated heterocycles. The Morgan fingerprint density at radius 3 is 2.29 bits per heavy atom. The van der Waals surface area contributed by atoms with Crippen LogP contribution in [0, 0.1) is 0 Å². The number of methoxy groups -OCH3 is 1. The lowest BCUT2D eigenvalue weighted by Crippen LogP contribution is -2.11. The topological polar surface area (TPSA) is 26.3 Å².